The first-order chi connectivity index (χ1) is 10.1. The summed E-state index contributed by atoms with van der Waals surface area (Å²) in [6.07, 6.45) is 0.689. The number of nitrogens with one attached hydrogen (secondary N) is 1. The fraction of sp³-hybridized carbons (Fsp3) is 0.286. The van der Waals surface area contributed by atoms with Crippen LogP contribution in [0.25, 0.3) is 0 Å². The third kappa shape index (κ3) is 4.82. The lowest BCUT2D eigenvalue weighted by atomic mass is 10.3. The van der Waals surface area contributed by atoms with E-state index >= 15 is 0 Å². The summed E-state index contributed by atoms with van der Waals surface area (Å²) in [5, 5.41) is 1.98. The van der Waals surface area contributed by atoms with Gasteiger partial charge in [-0.15, -0.1) is 11.3 Å². The van der Waals surface area contributed by atoms with Crippen molar-refractivity contribution in [3.63, 3.8) is 0 Å². The van der Waals surface area contributed by atoms with Crippen LogP contribution in [-0.2, 0) is 16.4 Å². The molecule has 114 valence electrons. The fourth-order valence-corrected chi connectivity index (χ4v) is 3.48. The van der Waals surface area contributed by atoms with Gasteiger partial charge in [0, 0.05) is 18.0 Å². The Morgan fingerprint density at radius 3 is 2.57 bits per heavy atom. The van der Waals surface area contributed by atoms with Crippen molar-refractivity contribution in [3.8, 4) is 5.75 Å². The fourth-order valence-electron chi connectivity index (χ4n) is 1.74. The van der Waals surface area contributed by atoms with Gasteiger partial charge in [-0.1, -0.05) is 6.07 Å². The van der Waals surface area contributed by atoms with Gasteiger partial charge in [-0.05, 0) is 42.1 Å². The quantitative estimate of drug-likeness (QED) is 0.772. The molecule has 5 nitrogen and oxygen atoms in total. The third-order valence-corrected chi connectivity index (χ3v) is 5.18. The van der Waals surface area contributed by atoms with Crippen molar-refractivity contribution in [1.82, 2.24) is 4.72 Å². The van der Waals surface area contributed by atoms with Gasteiger partial charge in [0.1, 0.15) is 12.4 Å². The van der Waals surface area contributed by atoms with Gasteiger partial charge in [0.25, 0.3) is 0 Å². The summed E-state index contributed by atoms with van der Waals surface area (Å²) in [6.45, 7) is 1.21. The lowest BCUT2D eigenvalue weighted by molar-refractivity contribution is 0.328. The zero-order chi connectivity index (χ0) is 15.1. The molecule has 2 rings (SSSR count). The Labute approximate surface area is 128 Å². The molecular formula is C14H18N2O3S2. The Hall–Kier alpha value is -1.41. The normalized spacial score (nSPS) is 11.5. The van der Waals surface area contributed by atoms with Crippen molar-refractivity contribution in [1.29, 1.82) is 0 Å². The maximum Gasteiger partial charge on any atom is 0.240 e. The van der Waals surface area contributed by atoms with Crippen LogP contribution in [0.4, 0.5) is 0 Å². The summed E-state index contributed by atoms with van der Waals surface area (Å²) in [4.78, 5) is 1.39. The number of nitrogens with two attached hydrogens (primary N) is 1. The first kappa shape index (κ1) is 16.0. The molecule has 3 N–H and O–H groups in total. The monoisotopic (exact) mass is 326 g/mol. The molecule has 2 aromatic rings. The van der Waals surface area contributed by atoms with E-state index in [1.54, 1.807) is 23.5 Å². The molecular weight excluding hydrogens is 308 g/mol. The molecule has 0 aliphatic rings. The number of thiophene rings is 1. The van der Waals surface area contributed by atoms with Crippen LogP contribution in [0, 0.1) is 0 Å². The molecule has 21 heavy (non-hydrogen) atoms. The maximum absolute atomic E-state index is 12.1. The minimum absolute atomic E-state index is 0.230. The second kappa shape index (κ2) is 7.56. The molecule has 0 aliphatic heterocycles. The van der Waals surface area contributed by atoms with E-state index in [1.807, 2.05) is 17.5 Å². The van der Waals surface area contributed by atoms with E-state index in [1.165, 1.54) is 12.1 Å². The van der Waals surface area contributed by atoms with Crippen LogP contribution in [-0.4, -0.2) is 28.1 Å². The van der Waals surface area contributed by atoms with Crippen molar-refractivity contribution in [2.75, 3.05) is 19.7 Å². The topological polar surface area (TPSA) is 81.4 Å². The molecule has 1 heterocycles. The average molecular weight is 326 g/mol. The van der Waals surface area contributed by atoms with Crippen LogP contribution < -0.4 is 15.2 Å². The van der Waals surface area contributed by atoms with Crippen molar-refractivity contribution >= 4 is 21.4 Å². The number of hydrogen-bond donors (Lipinski definition) is 2. The number of sulfonamides is 1. The van der Waals surface area contributed by atoms with Crippen LogP contribution in [0.15, 0.2) is 46.7 Å². The van der Waals surface area contributed by atoms with Gasteiger partial charge >= 0.3 is 0 Å². The van der Waals surface area contributed by atoms with E-state index < -0.39 is 10.0 Å². The van der Waals surface area contributed by atoms with Gasteiger partial charge in [0.2, 0.25) is 10.0 Å². The van der Waals surface area contributed by atoms with Crippen molar-refractivity contribution in [3.05, 3.63) is 46.7 Å². The molecule has 0 saturated carbocycles. The second-order valence-corrected chi connectivity index (χ2v) is 7.13. The molecule has 0 atom stereocenters. The van der Waals surface area contributed by atoms with Crippen LogP contribution in [0.2, 0.25) is 0 Å². The molecule has 0 spiro atoms. The van der Waals surface area contributed by atoms with Gasteiger partial charge < -0.3 is 10.5 Å². The average Bonchev–Trinajstić information content (AvgIpc) is 2.98. The number of hydrogen-bond acceptors (Lipinski definition) is 5. The molecule has 0 radical (unpaired) electrons. The molecule has 0 fully saturated rings. The van der Waals surface area contributed by atoms with E-state index in [4.69, 9.17) is 10.5 Å². The van der Waals surface area contributed by atoms with E-state index in [0.29, 0.717) is 31.9 Å². The highest BCUT2D eigenvalue weighted by Crippen LogP contribution is 2.16. The largest absolute Gasteiger partial charge is 0.492 e. The summed E-state index contributed by atoms with van der Waals surface area (Å²) in [5.41, 5.74) is 5.34. The molecule has 0 amide bonds. The van der Waals surface area contributed by atoms with Gasteiger partial charge in [-0.3, -0.25) is 0 Å². The van der Waals surface area contributed by atoms with E-state index in [9.17, 15) is 8.42 Å². The first-order valence-electron chi connectivity index (χ1n) is 6.57. The second-order valence-electron chi connectivity index (χ2n) is 4.34. The van der Waals surface area contributed by atoms with Crippen LogP contribution >= 0.6 is 11.3 Å². The van der Waals surface area contributed by atoms with Crippen molar-refractivity contribution in [2.24, 2.45) is 5.73 Å². The SMILES string of the molecule is NCCOc1ccc(S(=O)(=O)NCCc2cccs2)cc1. The zero-order valence-corrected chi connectivity index (χ0v) is 13.1. The highest BCUT2D eigenvalue weighted by molar-refractivity contribution is 7.89. The minimum atomic E-state index is -3.48. The van der Waals surface area contributed by atoms with E-state index in [2.05, 4.69) is 4.72 Å². The summed E-state index contributed by atoms with van der Waals surface area (Å²) >= 11 is 1.62. The van der Waals surface area contributed by atoms with E-state index in [-0.39, 0.29) is 4.90 Å². The van der Waals surface area contributed by atoms with Crippen molar-refractivity contribution in [2.45, 2.75) is 11.3 Å². The first-order valence-corrected chi connectivity index (χ1v) is 8.93. The maximum atomic E-state index is 12.1. The van der Waals surface area contributed by atoms with E-state index in [0.717, 1.165) is 4.88 Å². The number of rotatable bonds is 8. The molecule has 1 aromatic heterocycles. The lowest BCUT2D eigenvalue weighted by Crippen LogP contribution is -2.25. The number of benzene rings is 1. The van der Waals surface area contributed by atoms with Gasteiger partial charge in [-0.25, -0.2) is 13.1 Å². The predicted molar refractivity (Wildman–Crippen MR) is 84.2 cm³/mol. The Bertz CT molecular complexity index is 637. The van der Waals surface area contributed by atoms with Crippen LogP contribution in [0.1, 0.15) is 4.88 Å². The highest BCUT2D eigenvalue weighted by atomic mass is 32.2. The van der Waals surface area contributed by atoms with Crippen molar-refractivity contribution < 1.29 is 13.2 Å². The number of ether oxygens (including phenoxy) is 1. The minimum Gasteiger partial charge on any atom is -0.492 e. The molecule has 0 aliphatic carbocycles. The predicted octanol–water partition coefficient (Wildman–Crippen LogP) is 1.61. The van der Waals surface area contributed by atoms with Crippen LogP contribution in [0.5, 0.6) is 5.75 Å². The summed E-state index contributed by atoms with van der Waals surface area (Å²) in [6, 6.07) is 10.3. The zero-order valence-electron chi connectivity index (χ0n) is 11.5. The lowest BCUT2D eigenvalue weighted by Gasteiger charge is -2.08. The molecule has 1 aromatic carbocycles. The summed E-state index contributed by atoms with van der Waals surface area (Å²) < 4.78 is 32.1. The van der Waals surface area contributed by atoms with Crippen LogP contribution in [0.3, 0.4) is 0 Å². The summed E-state index contributed by atoms with van der Waals surface area (Å²) in [5.74, 6) is 0.609. The summed E-state index contributed by atoms with van der Waals surface area (Å²) in [7, 11) is -3.48. The molecule has 0 unspecified atom stereocenters. The van der Waals surface area contributed by atoms with Gasteiger partial charge in [0.05, 0.1) is 4.90 Å². The Kier molecular flexibility index (Phi) is 5.75. The molecule has 0 bridgehead atoms. The standard InChI is InChI=1S/C14H18N2O3S2/c15-8-10-19-12-3-5-14(6-4-12)21(17,18)16-9-7-13-2-1-11-20-13/h1-6,11,16H,7-10,15H2. The third-order valence-electron chi connectivity index (χ3n) is 2.76. The highest BCUT2D eigenvalue weighted by Gasteiger charge is 2.13. The Morgan fingerprint density at radius 1 is 1.19 bits per heavy atom. The van der Waals surface area contributed by atoms with Gasteiger partial charge in [0.15, 0.2) is 0 Å². The van der Waals surface area contributed by atoms with Gasteiger partial charge in [-0.2, -0.15) is 0 Å². The smallest absolute Gasteiger partial charge is 0.240 e. The molecule has 0 saturated heterocycles. The Balaban J connectivity index is 1.92. The molecule has 7 heteroatoms. The Morgan fingerprint density at radius 2 is 1.95 bits per heavy atom.